The van der Waals surface area contributed by atoms with Gasteiger partial charge in [0.25, 0.3) is 0 Å². The molecule has 0 spiro atoms. The van der Waals surface area contributed by atoms with Crippen LogP contribution in [0.5, 0.6) is 0 Å². The van der Waals surface area contributed by atoms with Gasteiger partial charge in [-0.2, -0.15) is 5.10 Å². The van der Waals surface area contributed by atoms with Gasteiger partial charge in [0.2, 0.25) is 0 Å². The largest absolute Gasteiger partial charge is 0.387 e. The van der Waals surface area contributed by atoms with Crippen LogP contribution in [0.4, 0.5) is 0 Å². The topological polar surface area (TPSA) is 63.4 Å². The maximum absolute atomic E-state index is 10.4. The van der Waals surface area contributed by atoms with Crippen LogP contribution in [-0.4, -0.2) is 57.1 Å². The Balaban J connectivity index is 1.57. The average molecular weight is 316 g/mol. The molecule has 0 amide bonds. The minimum absolute atomic E-state index is 0.0755. The van der Waals surface area contributed by atoms with E-state index in [4.69, 9.17) is 4.74 Å². The standard InChI is InChI=1S/C17H24N4O2/c1-13-18-14(2)21(19-13)11-16-10-20(8-9-23-16)12-17(22)15-6-4-3-5-7-15/h3-7,16-17,22H,8-12H2,1-2H3/t16-,17+/m1/s1. The van der Waals surface area contributed by atoms with Crippen molar-refractivity contribution in [2.75, 3.05) is 26.2 Å². The molecule has 0 radical (unpaired) electrons. The molecule has 0 unspecified atom stereocenters. The molecule has 1 saturated heterocycles. The summed E-state index contributed by atoms with van der Waals surface area (Å²) in [4.78, 5) is 6.58. The molecule has 2 heterocycles. The highest BCUT2D eigenvalue weighted by Crippen LogP contribution is 2.16. The van der Waals surface area contributed by atoms with Crippen molar-refractivity contribution in [2.45, 2.75) is 32.6 Å². The molecule has 1 aromatic heterocycles. The number of aromatic nitrogens is 3. The van der Waals surface area contributed by atoms with Crippen LogP contribution in [0.3, 0.4) is 0 Å². The van der Waals surface area contributed by atoms with Gasteiger partial charge in [-0.1, -0.05) is 30.3 Å². The molecule has 1 fully saturated rings. The van der Waals surface area contributed by atoms with Gasteiger partial charge < -0.3 is 9.84 Å². The van der Waals surface area contributed by atoms with Crippen LogP contribution in [0, 0.1) is 13.8 Å². The number of ether oxygens (including phenoxy) is 1. The van der Waals surface area contributed by atoms with E-state index in [9.17, 15) is 5.11 Å². The summed E-state index contributed by atoms with van der Waals surface area (Å²) in [7, 11) is 0. The summed E-state index contributed by atoms with van der Waals surface area (Å²) in [5.41, 5.74) is 0.957. The number of nitrogens with zero attached hydrogens (tertiary/aromatic N) is 4. The van der Waals surface area contributed by atoms with Gasteiger partial charge in [0, 0.05) is 19.6 Å². The molecule has 0 saturated carbocycles. The molecule has 6 heteroatoms. The summed E-state index contributed by atoms with van der Waals surface area (Å²) in [5, 5.41) is 14.8. The molecule has 0 bridgehead atoms. The van der Waals surface area contributed by atoms with Crippen molar-refractivity contribution in [3.8, 4) is 0 Å². The van der Waals surface area contributed by atoms with E-state index in [1.165, 1.54) is 0 Å². The van der Waals surface area contributed by atoms with Crippen LogP contribution in [0.1, 0.15) is 23.3 Å². The lowest BCUT2D eigenvalue weighted by molar-refractivity contribution is -0.0489. The Labute approximate surface area is 136 Å². The molecule has 6 nitrogen and oxygen atoms in total. The fraction of sp³-hybridized carbons (Fsp3) is 0.529. The first-order valence-electron chi connectivity index (χ1n) is 8.07. The number of aryl methyl sites for hydroxylation is 2. The zero-order chi connectivity index (χ0) is 16.2. The van der Waals surface area contributed by atoms with Crippen molar-refractivity contribution in [1.82, 2.24) is 19.7 Å². The van der Waals surface area contributed by atoms with Crippen molar-refractivity contribution in [2.24, 2.45) is 0 Å². The number of hydrogen-bond donors (Lipinski definition) is 1. The molecular weight excluding hydrogens is 292 g/mol. The number of aliphatic hydroxyl groups excluding tert-OH is 1. The van der Waals surface area contributed by atoms with Crippen molar-refractivity contribution >= 4 is 0 Å². The zero-order valence-corrected chi connectivity index (χ0v) is 13.7. The summed E-state index contributed by atoms with van der Waals surface area (Å²) in [6, 6.07) is 9.80. The van der Waals surface area contributed by atoms with E-state index in [-0.39, 0.29) is 6.10 Å². The Morgan fingerprint density at radius 2 is 2.09 bits per heavy atom. The average Bonchev–Trinajstić information content (AvgIpc) is 2.86. The Bertz CT molecular complexity index is 629. The molecule has 1 aliphatic heterocycles. The minimum Gasteiger partial charge on any atom is -0.387 e. The molecule has 2 atom stereocenters. The molecule has 1 aliphatic rings. The lowest BCUT2D eigenvalue weighted by Crippen LogP contribution is -2.45. The maximum Gasteiger partial charge on any atom is 0.147 e. The first-order chi connectivity index (χ1) is 11.1. The van der Waals surface area contributed by atoms with E-state index in [1.807, 2.05) is 48.9 Å². The number of β-amino-alcohol motifs (C(OH)–C–C–N with tert-alkyl or cyclic N) is 1. The van der Waals surface area contributed by atoms with Crippen molar-refractivity contribution in [3.05, 3.63) is 47.5 Å². The molecule has 124 valence electrons. The molecule has 23 heavy (non-hydrogen) atoms. The van der Waals surface area contributed by atoms with Gasteiger partial charge >= 0.3 is 0 Å². The lowest BCUT2D eigenvalue weighted by Gasteiger charge is -2.34. The molecule has 1 N–H and O–H groups in total. The summed E-state index contributed by atoms with van der Waals surface area (Å²) in [6.07, 6.45) is -0.392. The van der Waals surface area contributed by atoms with Crippen LogP contribution in [0.25, 0.3) is 0 Å². The number of hydrogen-bond acceptors (Lipinski definition) is 5. The highest BCUT2D eigenvalue weighted by molar-refractivity contribution is 5.17. The normalized spacial score (nSPS) is 20.6. The predicted octanol–water partition coefficient (Wildman–Crippen LogP) is 1.33. The van der Waals surface area contributed by atoms with E-state index < -0.39 is 6.10 Å². The minimum atomic E-state index is -0.467. The van der Waals surface area contributed by atoms with Gasteiger partial charge in [-0.15, -0.1) is 0 Å². The SMILES string of the molecule is Cc1nc(C)n(C[C@H]2CN(C[C@H](O)c3ccccc3)CCO2)n1. The number of benzene rings is 1. The monoisotopic (exact) mass is 316 g/mol. The number of rotatable bonds is 5. The number of aliphatic hydroxyl groups is 1. The fourth-order valence-electron chi connectivity index (χ4n) is 3.01. The number of morpholine rings is 1. The summed E-state index contributed by atoms with van der Waals surface area (Å²) < 4.78 is 7.75. The van der Waals surface area contributed by atoms with Gasteiger partial charge in [-0.25, -0.2) is 9.67 Å². The van der Waals surface area contributed by atoms with E-state index in [0.29, 0.717) is 19.7 Å². The van der Waals surface area contributed by atoms with Crippen LogP contribution >= 0.6 is 0 Å². The van der Waals surface area contributed by atoms with E-state index in [2.05, 4.69) is 15.0 Å². The van der Waals surface area contributed by atoms with Gasteiger partial charge in [0.05, 0.1) is 25.4 Å². The lowest BCUT2D eigenvalue weighted by atomic mass is 10.1. The zero-order valence-electron chi connectivity index (χ0n) is 13.7. The van der Waals surface area contributed by atoms with Crippen molar-refractivity contribution < 1.29 is 9.84 Å². The third-order valence-electron chi connectivity index (χ3n) is 4.18. The Hall–Kier alpha value is -1.76. The van der Waals surface area contributed by atoms with Crippen LogP contribution in [-0.2, 0) is 11.3 Å². The second kappa shape index (κ2) is 7.21. The summed E-state index contributed by atoms with van der Waals surface area (Å²) in [6.45, 7) is 7.49. The Morgan fingerprint density at radius 1 is 1.30 bits per heavy atom. The van der Waals surface area contributed by atoms with Crippen LogP contribution in [0.15, 0.2) is 30.3 Å². The molecule has 2 aromatic rings. The molecule has 1 aromatic carbocycles. The van der Waals surface area contributed by atoms with Crippen LogP contribution < -0.4 is 0 Å². The van der Waals surface area contributed by atoms with Gasteiger partial charge in [-0.05, 0) is 19.4 Å². The maximum atomic E-state index is 10.4. The van der Waals surface area contributed by atoms with Gasteiger partial charge in [0.1, 0.15) is 11.6 Å². The second-order valence-corrected chi connectivity index (χ2v) is 6.07. The highest BCUT2D eigenvalue weighted by Gasteiger charge is 2.24. The third kappa shape index (κ3) is 4.16. The fourth-order valence-corrected chi connectivity index (χ4v) is 3.01. The molecule has 3 rings (SSSR count). The van der Waals surface area contributed by atoms with Gasteiger partial charge in [-0.3, -0.25) is 4.90 Å². The first kappa shape index (κ1) is 16.1. The Morgan fingerprint density at radius 3 is 2.78 bits per heavy atom. The summed E-state index contributed by atoms with van der Waals surface area (Å²) in [5.74, 6) is 1.70. The third-order valence-corrected chi connectivity index (χ3v) is 4.18. The Kier molecular flexibility index (Phi) is 5.05. The van der Waals surface area contributed by atoms with E-state index in [0.717, 1.165) is 30.3 Å². The van der Waals surface area contributed by atoms with E-state index >= 15 is 0 Å². The smallest absolute Gasteiger partial charge is 0.147 e. The summed E-state index contributed by atoms with van der Waals surface area (Å²) >= 11 is 0. The first-order valence-corrected chi connectivity index (χ1v) is 8.07. The van der Waals surface area contributed by atoms with Crippen LogP contribution in [0.2, 0.25) is 0 Å². The van der Waals surface area contributed by atoms with Crippen molar-refractivity contribution in [1.29, 1.82) is 0 Å². The van der Waals surface area contributed by atoms with Crippen molar-refractivity contribution in [3.63, 3.8) is 0 Å². The predicted molar refractivity (Wildman–Crippen MR) is 87.1 cm³/mol. The highest BCUT2D eigenvalue weighted by atomic mass is 16.5. The molecule has 0 aliphatic carbocycles. The van der Waals surface area contributed by atoms with E-state index in [1.54, 1.807) is 0 Å². The second-order valence-electron chi connectivity index (χ2n) is 6.07. The quantitative estimate of drug-likeness (QED) is 0.901. The van der Waals surface area contributed by atoms with Gasteiger partial charge in [0.15, 0.2) is 0 Å². The molecular formula is C17H24N4O2.